The summed E-state index contributed by atoms with van der Waals surface area (Å²) < 4.78 is 6.70. The quantitative estimate of drug-likeness (QED) is 0.882. The van der Waals surface area contributed by atoms with Gasteiger partial charge in [-0.2, -0.15) is 0 Å². The van der Waals surface area contributed by atoms with Crippen molar-refractivity contribution in [1.82, 2.24) is 4.98 Å². The molecule has 0 spiro atoms. The first kappa shape index (κ1) is 14.3. The zero-order chi connectivity index (χ0) is 13.7. The van der Waals surface area contributed by atoms with Crippen LogP contribution in [0.15, 0.2) is 40.9 Å². The fourth-order valence-electron chi connectivity index (χ4n) is 1.60. The van der Waals surface area contributed by atoms with Crippen molar-refractivity contribution >= 4 is 33.3 Å². The number of anilines is 1. The van der Waals surface area contributed by atoms with E-state index in [4.69, 9.17) is 16.3 Å². The Kier molecular flexibility index (Phi) is 5.19. The van der Waals surface area contributed by atoms with Crippen LogP contribution in [-0.2, 0) is 18.0 Å². The van der Waals surface area contributed by atoms with Crippen LogP contribution in [0.3, 0.4) is 0 Å². The van der Waals surface area contributed by atoms with Crippen LogP contribution in [0.4, 0.5) is 5.82 Å². The first-order valence-electron chi connectivity index (χ1n) is 5.85. The van der Waals surface area contributed by atoms with Crippen LogP contribution < -0.4 is 5.32 Å². The van der Waals surface area contributed by atoms with Crippen molar-refractivity contribution in [2.45, 2.75) is 13.2 Å². The highest BCUT2D eigenvalue weighted by molar-refractivity contribution is 9.10. The molecule has 2 rings (SSSR count). The molecule has 1 aromatic carbocycles. The number of nitrogens with one attached hydrogen (secondary N) is 1. The van der Waals surface area contributed by atoms with E-state index >= 15 is 0 Å². The minimum atomic E-state index is 0.385. The second-order valence-corrected chi connectivity index (χ2v) is 5.22. The number of hydrogen-bond donors (Lipinski definition) is 1. The van der Waals surface area contributed by atoms with Gasteiger partial charge in [-0.05, 0) is 23.8 Å². The van der Waals surface area contributed by atoms with Gasteiger partial charge in [0.25, 0.3) is 0 Å². The number of pyridine rings is 1. The lowest BCUT2D eigenvalue weighted by molar-refractivity contribution is 0.104. The highest BCUT2D eigenvalue weighted by Gasteiger charge is 2.05. The molecule has 1 aromatic heterocycles. The SMILES string of the molecule is CNc1ccc(Cl)c(COCc2ccccc2Br)n1. The fourth-order valence-corrected chi connectivity index (χ4v) is 2.16. The van der Waals surface area contributed by atoms with Crippen molar-refractivity contribution in [3.8, 4) is 0 Å². The van der Waals surface area contributed by atoms with Crippen molar-refractivity contribution in [3.05, 3.63) is 57.2 Å². The molecule has 0 atom stereocenters. The molecule has 0 amide bonds. The van der Waals surface area contributed by atoms with E-state index in [1.165, 1.54) is 0 Å². The Bertz CT molecular complexity index is 563. The molecule has 1 N–H and O–H groups in total. The molecule has 2 aromatic rings. The number of rotatable bonds is 5. The average molecular weight is 342 g/mol. The predicted octanol–water partition coefficient (Wildman–Crippen LogP) is 4.26. The molecule has 19 heavy (non-hydrogen) atoms. The van der Waals surface area contributed by atoms with E-state index in [0.717, 1.165) is 21.5 Å². The van der Waals surface area contributed by atoms with Gasteiger partial charge in [0.2, 0.25) is 0 Å². The Morgan fingerprint density at radius 2 is 2.00 bits per heavy atom. The maximum absolute atomic E-state index is 6.09. The maximum Gasteiger partial charge on any atom is 0.126 e. The summed E-state index contributed by atoms with van der Waals surface area (Å²) in [6.45, 7) is 0.902. The summed E-state index contributed by atoms with van der Waals surface area (Å²) in [6, 6.07) is 11.6. The molecule has 0 unspecified atom stereocenters. The second-order valence-electron chi connectivity index (χ2n) is 3.96. The van der Waals surface area contributed by atoms with Crippen LogP contribution >= 0.6 is 27.5 Å². The van der Waals surface area contributed by atoms with Crippen LogP contribution in [-0.4, -0.2) is 12.0 Å². The predicted molar refractivity (Wildman–Crippen MR) is 81.4 cm³/mol. The number of halogens is 2. The van der Waals surface area contributed by atoms with E-state index in [2.05, 4.69) is 26.2 Å². The highest BCUT2D eigenvalue weighted by Crippen LogP contribution is 2.20. The van der Waals surface area contributed by atoms with Crippen LogP contribution in [0.5, 0.6) is 0 Å². The molecule has 0 radical (unpaired) electrons. The topological polar surface area (TPSA) is 34.1 Å². The van der Waals surface area contributed by atoms with Gasteiger partial charge in [-0.1, -0.05) is 45.7 Å². The molecule has 3 nitrogen and oxygen atoms in total. The van der Waals surface area contributed by atoms with E-state index in [1.54, 1.807) is 0 Å². The molecule has 0 aliphatic heterocycles. The summed E-state index contributed by atoms with van der Waals surface area (Å²) in [6.07, 6.45) is 0. The molecule has 5 heteroatoms. The van der Waals surface area contributed by atoms with E-state index < -0.39 is 0 Å². The van der Waals surface area contributed by atoms with Crippen molar-refractivity contribution in [1.29, 1.82) is 0 Å². The maximum atomic E-state index is 6.09. The van der Waals surface area contributed by atoms with E-state index in [1.807, 2.05) is 43.4 Å². The third kappa shape index (κ3) is 3.93. The van der Waals surface area contributed by atoms with Gasteiger partial charge in [0.15, 0.2) is 0 Å². The summed E-state index contributed by atoms with van der Waals surface area (Å²) in [5, 5.41) is 3.60. The molecule has 0 saturated heterocycles. The smallest absolute Gasteiger partial charge is 0.126 e. The van der Waals surface area contributed by atoms with Gasteiger partial charge in [0.05, 0.1) is 23.9 Å². The lowest BCUT2D eigenvalue weighted by Crippen LogP contribution is -2.01. The number of hydrogen-bond acceptors (Lipinski definition) is 3. The third-order valence-corrected chi connectivity index (χ3v) is 3.75. The summed E-state index contributed by atoms with van der Waals surface area (Å²) in [7, 11) is 1.82. The van der Waals surface area contributed by atoms with Crippen LogP contribution in [0.25, 0.3) is 0 Å². The van der Waals surface area contributed by atoms with Crippen molar-refractivity contribution in [2.75, 3.05) is 12.4 Å². The third-order valence-electron chi connectivity index (χ3n) is 2.63. The molecular weight excluding hydrogens is 328 g/mol. The zero-order valence-corrected chi connectivity index (χ0v) is 12.8. The van der Waals surface area contributed by atoms with Gasteiger partial charge in [0.1, 0.15) is 5.82 Å². The normalized spacial score (nSPS) is 10.5. The molecule has 100 valence electrons. The minimum Gasteiger partial charge on any atom is -0.373 e. The van der Waals surface area contributed by atoms with Gasteiger partial charge < -0.3 is 10.1 Å². The number of nitrogens with zero attached hydrogens (tertiary/aromatic N) is 1. The summed E-state index contributed by atoms with van der Waals surface area (Å²) in [4.78, 5) is 4.36. The summed E-state index contributed by atoms with van der Waals surface area (Å²) in [5.74, 6) is 0.781. The van der Waals surface area contributed by atoms with Crippen molar-refractivity contribution in [3.63, 3.8) is 0 Å². The van der Waals surface area contributed by atoms with Crippen LogP contribution in [0.1, 0.15) is 11.3 Å². The molecule has 0 aliphatic carbocycles. The molecule has 0 bridgehead atoms. The Balaban J connectivity index is 1.98. The lowest BCUT2D eigenvalue weighted by atomic mass is 10.2. The standard InChI is InChI=1S/C14H14BrClN2O/c1-17-14-7-6-12(16)13(18-14)9-19-8-10-4-2-3-5-11(10)15/h2-7H,8-9H2,1H3,(H,17,18). The van der Waals surface area contributed by atoms with Crippen molar-refractivity contribution < 1.29 is 4.74 Å². The second kappa shape index (κ2) is 6.89. The average Bonchev–Trinajstić information content (AvgIpc) is 2.43. The largest absolute Gasteiger partial charge is 0.373 e. The number of ether oxygens (including phenoxy) is 1. The van der Waals surface area contributed by atoms with Gasteiger partial charge in [-0.25, -0.2) is 4.98 Å². The molecule has 1 heterocycles. The van der Waals surface area contributed by atoms with Crippen LogP contribution in [0, 0.1) is 0 Å². The van der Waals surface area contributed by atoms with E-state index in [-0.39, 0.29) is 0 Å². The Hall–Kier alpha value is -1.10. The number of benzene rings is 1. The molecule has 0 saturated carbocycles. The summed E-state index contributed by atoms with van der Waals surface area (Å²) in [5.41, 5.74) is 1.84. The highest BCUT2D eigenvalue weighted by atomic mass is 79.9. The van der Waals surface area contributed by atoms with E-state index in [9.17, 15) is 0 Å². The first-order valence-corrected chi connectivity index (χ1v) is 7.02. The molecule has 0 fully saturated rings. The Labute approximate surface area is 126 Å². The zero-order valence-electron chi connectivity index (χ0n) is 10.5. The lowest BCUT2D eigenvalue weighted by Gasteiger charge is -2.08. The fraction of sp³-hybridized carbons (Fsp3) is 0.214. The number of aromatic nitrogens is 1. The molecular formula is C14H14BrClN2O. The Morgan fingerprint density at radius 1 is 1.21 bits per heavy atom. The van der Waals surface area contributed by atoms with Crippen LogP contribution in [0.2, 0.25) is 5.02 Å². The van der Waals surface area contributed by atoms with Gasteiger partial charge in [0, 0.05) is 11.5 Å². The van der Waals surface area contributed by atoms with Crippen molar-refractivity contribution in [2.24, 2.45) is 0 Å². The summed E-state index contributed by atoms with van der Waals surface area (Å²) >= 11 is 9.57. The van der Waals surface area contributed by atoms with Gasteiger partial charge in [-0.3, -0.25) is 0 Å². The first-order chi connectivity index (χ1) is 9.20. The Morgan fingerprint density at radius 3 is 2.74 bits per heavy atom. The van der Waals surface area contributed by atoms with Gasteiger partial charge >= 0.3 is 0 Å². The monoisotopic (exact) mass is 340 g/mol. The molecule has 0 aliphatic rings. The van der Waals surface area contributed by atoms with Gasteiger partial charge in [-0.15, -0.1) is 0 Å². The minimum absolute atomic E-state index is 0.385. The van der Waals surface area contributed by atoms with E-state index in [0.29, 0.717) is 18.2 Å².